The molecule has 0 unspecified atom stereocenters. The van der Waals surface area contributed by atoms with Crippen LogP contribution in [0.25, 0.3) is 0 Å². The van der Waals surface area contributed by atoms with Crippen molar-refractivity contribution in [2.75, 3.05) is 5.32 Å². The number of aromatic nitrogens is 2. The van der Waals surface area contributed by atoms with Gasteiger partial charge in [-0.1, -0.05) is 44.2 Å². The summed E-state index contributed by atoms with van der Waals surface area (Å²) in [5.41, 5.74) is 1.90. The van der Waals surface area contributed by atoms with E-state index in [4.69, 9.17) is 0 Å². The summed E-state index contributed by atoms with van der Waals surface area (Å²) in [4.78, 5) is 24.7. The van der Waals surface area contributed by atoms with Crippen LogP contribution in [-0.2, 0) is 23.1 Å². The Hall–Kier alpha value is -2.63. The van der Waals surface area contributed by atoms with E-state index in [9.17, 15) is 9.59 Å². The summed E-state index contributed by atoms with van der Waals surface area (Å²) in [5.74, 6) is 0.167. The maximum absolute atomic E-state index is 12.4. The molecule has 1 saturated carbocycles. The SMILES string of the molecule is CCc1cc(NC(=O)C(=O)N[C@H](c2ccccc2)[C@H]2C[C@@H]2C)n(C)n1. The number of hydrogen-bond acceptors (Lipinski definition) is 3. The van der Waals surface area contributed by atoms with Crippen LogP contribution in [0.15, 0.2) is 36.4 Å². The third kappa shape index (κ3) is 3.90. The minimum atomic E-state index is -0.667. The fourth-order valence-electron chi connectivity index (χ4n) is 3.11. The molecule has 1 fully saturated rings. The minimum Gasteiger partial charge on any atom is -0.341 e. The fourth-order valence-corrected chi connectivity index (χ4v) is 3.11. The normalized spacial score (nSPS) is 20.0. The largest absolute Gasteiger partial charge is 0.341 e. The second kappa shape index (κ2) is 7.09. The van der Waals surface area contributed by atoms with E-state index in [0.717, 1.165) is 24.1 Å². The molecule has 2 aromatic rings. The number of anilines is 1. The van der Waals surface area contributed by atoms with E-state index in [1.165, 1.54) is 0 Å². The van der Waals surface area contributed by atoms with Crippen LogP contribution in [-0.4, -0.2) is 21.6 Å². The summed E-state index contributed by atoms with van der Waals surface area (Å²) >= 11 is 0. The summed E-state index contributed by atoms with van der Waals surface area (Å²) in [7, 11) is 1.74. The summed E-state index contributed by atoms with van der Waals surface area (Å²) in [6.45, 7) is 4.15. The maximum atomic E-state index is 12.4. The maximum Gasteiger partial charge on any atom is 0.314 e. The van der Waals surface area contributed by atoms with Gasteiger partial charge in [0.25, 0.3) is 0 Å². The van der Waals surface area contributed by atoms with Gasteiger partial charge in [0, 0.05) is 13.1 Å². The molecule has 25 heavy (non-hydrogen) atoms. The predicted octanol–water partition coefficient (Wildman–Crippen LogP) is 2.43. The fraction of sp³-hybridized carbons (Fsp3) is 0.421. The van der Waals surface area contributed by atoms with Crippen molar-refractivity contribution in [3.8, 4) is 0 Å². The zero-order valence-corrected chi connectivity index (χ0v) is 14.8. The van der Waals surface area contributed by atoms with Gasteiger partial charge in [0.05, 0.1) is 11.7 Å². The lowest BCUT2D eigenvalue weighted by Crippen LogP contribution is -2.39. The Morgan fingerprint density at radius 1 is 1.28 bits per heavy atom. The molecule has 1 aliphatic rings. The van der Waals surface area contributed by atoms with Crippen molar-refractivity contribution in [1.82, 2.24) is 15.1 Å². The van der Waals surface area contributed by atoms with Crippen molar-refractivity contribution < 1.29 is 9.59 Å². The van der Waals surface area contributed by atoms with Gasteiger partial charge >= 0.3 is 11.8 Å². The average Bonchev–Trinajstić information content (AvgIpc) is 3.23. The van der Waals surface area contributed by atoms with Crippen molar-refractivity contribution in [1.29, 1.82) is 0 Å². The Morgan fingerprint density at radius 3 is 2.52 bits per heavy atom. The lowest BCUT2D eigenvalue weighted by atomic mass is 10.0. The minimum absolute atomic E-state index is 0.132. The molecule has 1 heterocycles. The van der Waals surface area contributed by atoms with Crippen LogP contribution in [0.2, 0.25) is 0 Å². The number of hydrogen-bond donors (Lipinski definition) is 2. The number of nitrogens with one attached hydrogen (secondary N) is 2. The standard InChI is InChI=1S/C19H24N4O2/c1-4-14-11-16(23(3)22-14)20-18(24)19(25)21-17(15-10-12(15)2)13-8-6-5-7-9-13/h5-9,11-12,15,17H,4,10H2,1-3H3,(H,20,24)(H,21,25)/t12-,15-,17+/m0/s1. The molecule has 1 aromatic heterocycles. The molecular formula is C19H24N4O2. The van der Waals surface area contributed by atoms with E-state index in [0.29, 0.717) is 17.7 Å². The molecule has 132 valence electrons. The molecule has 0 aliphatic heterocycles. The smallest absolute Gasteiger partial charge is 0.314 e. The number of carbonyl (C=O) groups is 2. The molecule has 0 bridgehead atoms. The molecule has 0 spiro atoms. The zero-order chi connectivity index (χ0) is 18.0. The number of benzene rings is 1. The van der Waals surface area contributed by atoms with Crippen LogP contribution >= 0.6 is 0 Å². The van der Waals surface area contributed by atoms with Gasteiger partial charge in [-0.15, -0.1) is 0 Å². The van der Waals surface area contributed by atoms with Crippen LogP contribution in [0.5, 0.6) is 0 Å². The third-order valence-electron chi connectivity index (χ3n) is 4.79. The molecule has 6 heteroatoms. The summed E-state index contributed by atoms with van der Waals surface area (Å²) in [6.07, 6.45) is 1.83. The summed E-state index contributed by atoms with van der Waals surface area (Å²) < 4.78 is 1.57. The highest BCUT2D eigenvalue weighted by atomic mass is 16.2. The van der Waals surface area contributed by atoms with E-state index in [-0.39, 0.29) is 6.04 Å². The molecular weight excluding hydrogens is 316 g/mol. The van der Waals surface area contributed by atoms with Crippen molar-refractivity contribution in [2.45, 2.75) is 32.7 Å². The third-order valence-corrected chi connectivity index (χ3v) is 4.79. The second-order valence-corrected chi connectivity index (χ2v) is 6.69. The van der Waals surface area contributed by atoms with Gasteiger partial charge in [0.2, 0.25) is 0 Å². The van der Waals surface area contributed by atoms with Gasteiger partial charge in [0.1, 0.15) is 5.82 Å². The molecule has 2 amide bonds. The molecule has 1 aromatic carbocycles. The highest BCUT2D eigenvalue weighted by Crippen LogP contribution is 2.46. The quantitative estimate of drug-likeness (QED) is 0.821. The van der Waals surface area contributed by atoms with Gasteiger partial charge in [-0.25, -0.2) is 0 Å². The highest BCUT2D eigenvalue weighted by molar-refractivity contribution is 6.39. The first-order valence-electron chi connectivity index (χ1n) is 8.69. The summed E-state index contributed by atoms with van der Waals surface area (Å²) in [6, 6.07) is 11.5. The molecule has 3 rings (SSSR count). The molecule has 0 radical (unpaired) electrons. The molecule has 0 saturated heterocycles. The zero-order valence-electron chi connectivity index (χ0n) is 14.8. The van der Waals surface area contributed by atoms with Crippen LogP contribution in [0.1, 0.15) is 37.6 Å². The Labute approximate surface area is 147 Å². The Morgan fingerprint density at radius 2 is 1.96 bits per heavy atom. The number of aryl methyl sites for hydroxylation is 2. The van der Waals surface area contributed by atoms with Crippen molar-refractivity contribution >= 4 is 17.6 Å². The van der Waals surface area contributed by atoms with Crippen LogP contribution in [0.4, 0.5) is 5.82 Å². The van der Waals surface area contributed by atoms with Crippen molar-refractivity contribution in [3.05, 3.63) is 47.7 Å². The van der Waals surface area contributed by atoms with Crippen molar-refractivity contribution in [2.24, 2.45) is 18.9 Å². The first-order chi connectivity index (χ1) is 12.0. The van der Waals surface area contributed by atoms with Gasteiger partial charge in [0.15, 0.2) is 0 Å². The van der Waals surface area contributed by atoms with Gasteiger partial charge in [-0.3, -0.25) is 14.3 Å². The molecule has 6 nitrogen and oxygen atoms in total. The highest BCUT2D eigenvalue weighted by Gasteiger charge is 2.41. The Balaban J connectivity index is 1.68. The number of rotatable bonds is 5. The van der Waals surface area contributed by atoms with Crippen LogP contribution in [0, 0.1) is 11.8 Å². The number of carbonyl (C=O) groups excluding carboxylic acids is 2. The van der Waals surface area contributed by atoms with Gasteiger partial charge < -0.3 is 10.6 Å². The lowest BCUT2D eigenvalue weighted by molar-refractivity contribution is -0.136. The number of nitrogens with zero attached hydrogens (tertiary/aromatic N) is 2. The first kappa shape index (κ1) is 17.2. The van der Waals surface area contributed by atoms with E-state index in [1.807, 2.05) is 37.3 Å². The monoisotopic (exact) mass is 340 g/mol. The van der Waals surface area contributed by atoms with Crippen LogP contribution in [0.3, 0.4) is 0 Å². The van der Waals surface area contributed by atoms with E-state index < -0.39 is 11.8 Å². The predicted molar refractivity (Wildman–Crippen MR) is 95.8 cm³/mol. The second-order valence-electron chi connectivity index (χ2n) is 6.69. The van der Waals surface area contributed by atoms with E-state index >= 15 is 0 Å². The topological polar surface area (TPSA) is 76.0 Å². The van der Waals surface area contributed by atoms with E-state index in [1.54, 1.807) is 17.8 Å². The Kier molecular flexibility index (Phi) is 4.88. The Bertz CT molecular complexity index is 769. The van der Waals surface area contributed by atoms with E-state index in [2.05, 4.69) is 22.7 Å². The first-order valence-corrected chi connectivity index (χ1v) is 8.69. The molecule has 1 aliphatic carbocycles. The van der Waals surface area contributed by atoms with Crippen molar-refractivity contribution in [3.63, 3.8) is 0 Å². The van der Waals surface area contributed by atoms with Crippen LogP contribution < -0.4 is 10.6 Å². The average molecular weight is 340 g/mol. The lowest BCUT2D eigenvalue weighted by Gasteiger charge is -2.19. The number of amides is 2. The molecule has 2 N–H and O–H groups in total. The molecule has 3 atom stereocenters. The van der Waals surface area contributed by atoms with Gasteiger partial charge in [-0.2, -0.15) is 5.10 Å². The summed E-state index contributed by atoms with van der Waals surface area (Å²) in [5, 5.41) is 9.82. The van der Waals surface area contributed by atoms with Gasteiger partial charge in [-0.05, 0) is 30.2 Å².